The van der Waals surface area contributed by atoms with Crippen LogP contribution in [-0.2, 0) is 4.79 Å². The van der Waals surface area contributed by atoms with Crippen molar-refractivity contribution in [1.29, 1.82) is 0 Å². The first kappa shape index (κ1) is 10.9. The van der Waals surface area contributed by atoms with Crippen LogP contribution in [0.4, 0.5) is 15.8 Å². The monoisotopic (exact) mass is 207 g/mol. The Kier molecular flexibility index (Phi) is 3.13. The molecule has 0 spiro atoms. The molecule has 1 rings (SSSR count). The number of carbonyl (C=O) groups is 1. The van der Waals surface area contributed by atoms with Crippen molar-refractivity contribution in [2.45, 2.75) is 6.42 Å². The van der Waals surface area contributed by atoms with Gasteiger partial charge in [0.2, 0.25) is 5.91 Å². The number of hydrogen-bond acceptors (Lipinski definition) is 3. The number of hydrogen-bond donors (Lipinski definition) is 3. The van der Waals surface area contributed by atoms with Gasteiger partial charge >= 0.3 is 0 Å². The van der Waals surface area contributed by atoms with E-state index in [4.69, 9.17) is 17.2 Å². The molecule has 0 aliphatic heterocycles. The first-order valence-corrected chi connectivity index (χ1v) is 4.12. The first-order valence-electron chi connectivity index (χ1n) is 4.12. The van der Waals surface area contributed by atoms with Crippen molar-refractivity contribution >= 4 is 17.3 Å². The van der Waals surface area contributed by atoms with Crippen molar-refractivity contribution in [3.8, 4) is 11.8 Å². The largest absolute Gasteiger partial charge is 0.397 e. The summed E-state index contributed by atoms with van der Waals surface area (Å²) in [5.74, 6) is 3.93. The van der Waals surface area contributed by atoms with E-state index in [9.17, 15) is 9.18 Å². The van der Waals surface area contributed by atoms with Gasteiger partial charge in [-0.25, -0.2) is 4.39 Å². The highest BCUT2D eigenvalue weighted by Gasteiger charge is 2.03. The number of anilines is 2. The highest BCUT2D eigenvalue weighted by Crippen LogP contribution is 2.20. The van der Waals surface area contributed by atoms with Crippen molar-refractivity contribution in [1.82, 2.24) is 0 Å². The van der Waals surface area contributed by atoms with E-state index in [0.29, 0.717) is 0 Å². The van der Waals surface area contributed by atoms with Crippen LogP contribution in [0.5, 0.6) is 0 Å². The number of nitrogens with two attached hydrogens (primary N) is 3. The van der Waals surface area contributed by atoms with E-state index in [1.165, 1.54) is 0 Å². The second-order valence-corrected chi connectivity index (χ2v) is 2.90. The molecule has 1 aromatic rings. The lowest BCUT2D eigenvalue weighted by molar-refractivity contribution is -0.117. The van der Waals surface area contributed by atoms with Crippen molar-refractivity contribution < 1.29 is 9.18 Å². The molecule has 0 aromatic heterocycles. The third-order valence-electron chi connectivity index (χ3n) is 1.66. The fraction of sp³-hybridized carbons (Fsp3) is 0.100. The van der Waals surface area contributed by atoms with Crippen LogP contribution in [0.25, 0.3) is 0 Å². The first-order chi connectivity index (χ1) is 7.00. The zero-order chi connectivity index (χ0) is 11.4. The van der Waals surface area contributed by atoms with Gasteiger partial charge in [-0.1, -0.05) is 11.8 Å². The Morgan fingerprint density at radius 3 is 2.67 bits per heavy atom. The summed E-state index contributed by atoms with van der Waals surface area (Å²) in [6.07, 6.45) is -0.101. The predicted octanol–water partition coefficient (Wildman–Crippen LogP) is 0.217. The Balaban J connectivity index is 3.02. The Bertz CT molecular complexity index is 460. The number of primary amides is 1. The van der Waals surface area contributed by atoms with Gasteiger partial charge in [0, 0.05) is 0 Å². The molecule has 0 bridgehead atoms. The second kappa shape index (κ2) is 4.33. The molecule has 0 atom stereocenters. The molecule has 6 N–H and O–H groups in total. The fourth-order valence-corrected chi connectivity index (χ4v) is 0.969. The zero-order valence-corrected chi connectivity index (χ0v) is 7.88. The number of halogens is 1. The van der Waals surface area contributed by atoms with Gasteiger partial charge in [0.25, 0.3) is 0 Å². The van der Waals surface area contributed by atoms with Crippen LogP contribution < -0.4 is 17.2 Å². The molecule has 4 nitrogen and oxygen atoms in total. The van der Waals surface area contributed by atoms with Crippen LogP contribution in [-0.4, -0.2) is 5.91 Å². The summed E-state index contributed by atoms with van der Waals surface area (Å²) in [6.45, 7) is 0. The molecule has 0 saturated heterocycles. The molecule has 1 aromatic carbocycles. The zero-order valence-electron chi connectivity index (χ0n) is 7.88. The minimum atomic E-state index is -0.551. The number of amides is 1. The van der Waals surface area contributed by atoms with Gasteiger partial charge in [-0.15, -0.1) is 0 Å². The maximum absolute atomic E-state index is 12.9. The molecule has 0 fully saturated rings. The highest BCUT2D eigenvalue weighted by atomic mass is 19.1. The summed E-state index contributed by atoms with van der Waals surface area (Å²) >= 11 is 0. The lowest BCUT2D eigenvalue weighted by Crippen LogP contribution is -2.08. The average Bonchev–Trinajstić information content (AvgIpc) is 2.12. The van der Waals surface area contributed by atoms with Gasteiger partial charge in [-0.3, -0.25) is 4.79 Å². The predicted molar refractivity (Wildman–Crippen MR) is 55.9 cm³/mol. The van der Waals surface area contributed by atoms with Crippen LogP contribution >= 0.6 is 0 Å². The van der Waals surface area contributed by atoms with E-state index < -0.39 is 11.7 Å². The Labute approximate surface area is 86.2 Å². The Morgan fingerprint density at radius 1 is 1.40 bits per heavy atom. The van der Waals surface area contributed by atoms with Gasteiger partial charge < -0.3 is 17.2 Å². The van der Waals surface area contributed by atoms with E-state index in [2.05, 4.69) is 11.8 Å². The SMILES string of the molecule is NC(=O)CC#Cc1cc(F)cc(N)c1N. The lowest BCUT2D eigenvalue weighted by atomic mass is 10.1. The van der Waals surface area contributed by atoms with Crippen molar-refractivity contribution in [3.63, 3.8) is 0 Å². The summed E-state index contributed by atoms with van der Waals surface area (Å²) in [5.41, 5.74) is 16.5. The second-order valence-electron chi connectivity index (χ2n) is 2.90. The molecule has 78 valence electrons. The highest BCUT2D eigenvalue weighted by molar-refractivity contribution is 5.77. The van der Waals surface area contributed by atoms with E-state index >= 15 is 0 Å². The molecule has 0 saturated carbocycles. The molecule has 0 heterocycles. The third-order valence-corrected chi connectivity index (χ3v) is 1.66. The Hall–Kier alpha value is -2.22. The van der Waals surface area contributed by atoms with Crippen molar-refractivity contribution in [2.24, 2.45) is 5.73 Å². The maximum Gasteiger partial charge on any atom is 0.229 e. The number of benzene rings is 1. The van der Waals surface area contributed by atoms with E-state index in [1.807, 2.05) is 0 Å². The summed E-state index contributed by atoms with van der Waals surface area (Å²) in [7, 11) is 0. The van der Waals surface area contributed by atoms with Gasteiger partial charge in [0.1, 0.15) is 5.82 Å². The van der Waals surface area contributed by atoms with E-state index in [-0.39, 0.29) is 23.4 Å². The lowest BCUT2D eigenvalue weighted by Gasteiger charge is -2.02. The summed E-state index contributed by atoms with van der Waals surface area (Å²) in [6, 6.07) is 2.26. The fourth-order valence-electron chi connectivity index (χ4n) is 0.969. The van der Waals surface area contributed by atoms with E-state index in [0.717, 1.165) is 12.1 Å². The normalized spacial score (nSPS) is 9.13. The summed E-state index contributed by atoms with van der Waals surface area (Å²) in [5, 5.41) is 0. The quantitative estimate of drug-likeness (QED) is 0.454. The molecular formula is C10H10FN3O. The minimum Gasteiger partial charge on any atom is -0.397 e. The molecule has 0 aliphatic carbocycles. The van der Waals surface area contributed by atoms with Gasteiger partial charge in [-0.05, 0) is 12.1 Å². The smallest absolute Gasteiger partial charge is 0.229 e. The molecular weight excluding hydrogens is 197 g/mol. The standard InChI is InChI=1S/C10H10FN3O/c11-7-4-6(2-1-3-9(13)15)10(14)8(12)5-7/h4-5H,3,12,14H2,(H2,13,15). The van der Waals surface area contributed by atoms with Crippen LogP contribution in [0.1, 0.15) is 12.0 Å². The van der Waals surface area contributed by atoms with Crippen molar-refractivity contribution in [2.75, 3.05) is 11.5 Å². The number of carbonyl (C=O) groups excluding carboxylic acids is 1. The van der Waals surface area contributed by atoms with Crippen molar-refractivity contribution in [3.05, 3.63) is 23.5 Å². The summed E-state index contributed by atoms with van der Waals surface area (Å²) in [4.78, 5) is 10.4. The van der Waals surface area contributed by atoms with Crippen LogP contribution in [0.15, 0.2) is 12.1 Å². The van der Waals surface area contributed by atoms with Crippen LogP contribution in [0, 0.1) is 17.7 Å². The molecule has 1 amide bonds. The third kappa shape index (κ3) is 2.88. The molecule has 0 aliphatic rings. The molecule has 5 heteroatoms. The number of rotatable bonds is 1. The number of nitrogen functional groups attached to an aromatic ring is 2. The van der Waals surface area contributed by atoms with Gasteiger partial charge in [-0.2, -0.15) is 0 Å². The van der Waals surface area contributed by atoms with Gasteiger partial charge in [0.15, 0.2) is 0 Å². The average molecular weight is 207 g/mol. The van der Waals surface area contributed by atoms with E-state index in [1.54, 1.807) is 0 Å². The molecule has 0 radical (unpaired) electrons. The minimum absolute atomic E-state index is 0.101. The van der Waals surface area contributed by atoms with Crippen LogP contribution in [0.3, 0.4) is 0 Å². The Morgan fingerprint density at radius 2 is 2.07 bits per heavy atom. The van der Waals surface area contributed by atoms with Crippen LogP contribution in [0.2, 0.25) is 0 Å². The topological polar surface area (TPSA) is 95.1 Å². The molecule has 15 heavy (non-hydrogen) atoms. The maximum atomic E-state index is 12.9. The van der Waals surface area contributed by atoms with Gasteiger partial charge in [0.05, 0.1) is 23.4 Å². The molecule has 0 unspecified atom stereocenters. The summed E-state index contributed by atoms with van der Waals surface area (Å²) < 4.78 is 12.9.